The fourth-order valence-corrected chi connectivity index (χ4v) is 1.74. The highest BCUT2D eigenvalue weighted by atomic mass is 16.1. The van der Waals surface area contributed by atoms with Gasteiger partial charge in [0.15, 0.2) is 0 Å². The molecule has 2 rings (SSSR count). The Morgan fingerprint density at radius 3 is 2.82 bits per heavy atom. The highest BCUT2D eigenvalue weighted by Crippen LogP contribution is 2.20. The molecule has 1 amide bonds. The molecular formula is C12H13N3O2. The van der Waals surface area contributed by atoms with Crippen LogP contribution in [0.5, 0.6) is 0 Å². The first kappa shape index (κ1) is 11.2. The van der Waals surface area contributed by atoms with Crippen molar-refractivity contribution in [2.45, 2.75) is 0 Å². The number of nitrogens with zero attached hydrogens (tertiary/aromatic N) is 1. The molecule has 0 aliphatic heterocycles. The van der Waals surface area contributed by atoms with Crippen LogP contribution in [-0.2, 0) is 11.8 Å². The second kappa shape index (κ2) is 4.29. The molecule has 0 fully saturated rings. The zero-order valence-electron chi connectivity index (χ0n) is 9.43. The standard InChI is InChI=1S/C12H13N3O2/c1-15-10-5-3-2-4-8(10)9(6-12(15)17)14-7-11(13)16/h2-6,14H,7H2,1H3,(H2,13,16). The summed E-state index contributed by atoms with van der Waals surface area (Å²) in [5, 5.41) is 3.75. The maximum absolute atomic E-state index is 11.7. The molecule has 5 nitrogen and oxygen atoms in total. The maximum Gasteiger partial charge on any atom is 0.252 e. The largest absolute Gasteiger partial charge is 0.375 e. The van der Waals surface area contributed by atoms with Crippen LogP contribution in [0, 0.1) is 0 Å². The molecule has 0 saturated heterocycles. The molecule has 17 heavy (non-hydrogen) atoms. The monoisotopic (exact) mass is 231 g/mol. The zero-order chi connectivity index (χ0) is 12.4. The summed E-state index contributed by atoms with van der Waals surface area (Å²) in [5.41, 5.74) is 6.38. The lowest BCUT2D eigenvalue weighted by atomic mass is 10.2. The average Bonchev–Trinajstić information content (AvgIpc) is 2.32. The molecule has 0 unspecified atom stereocenters. The molecular weight excluding hydrogens is 218 g/mol. The van der Waals surface area contributed by atoms with Crippen LogP contribution in [0.4, 0.5) is 5.69 Å². The number of pyridine rings is 1. The summed E-state index contributed by atoms with van der Waals surface area (Å²) in [6, 6.07) is 8.94. The van der Waals surface area contributed by atoms with E-state index in [4.69, 9.17) is 5.73 Å². The topological polar surface area (TPSA) is 77.1 Å². The van der Waals surface area contributed by atoms with Gasteiger partial charge in [0.1, 0.15) is 0 Å². The van der Waals surface area contributed by atoms with Crippen LogP contribution in [0.1, 0.15) is 0 Å². The van der Waals surface area contributed by atoms with E-state index in [1.807, 2.05) is 24.3 Å². The number of fused-ring (bicyclic) bond motifs is 1. The fraction of sp³-hybridized carbons (Fsp3) is 0.167. The first-order chi connectivity index (χ1) is 8.09. The first-order valence-electron chi connectivity index (χ1n) is 5.20. The number of primary amides is 1. The van der Waals surface area contributed by atoms with Gasteiger partial charge in [-0.2, -0.15) is 0 Å². The number of hydrogen-bond donors (Lipinski definition) is 2. The zero-order valence-corrected chi connectivity index (χ0v) is 9.43. The Morgan fingerprint density at radius 1 is 1.41 bits per heavy atom. The van der Waals surface area contributed by atoms with Crippen molar-refractivity contribution in [2.24, 2.45) is 12.8 Å². The third-order valence-electron chi connectivity index (χ3n) is 2.61. The van der Waals surface area contributed by atoms with E-state index < -0.39 is 5.91 Å². The number of anilines is 1. The highest BCUT2D eigenvalue weighted by Gasteiger charge is 2.06. The Balaban J connectivity index is 2.59. The number of para-hydroxylation sites is 1. The van der Waals surface area contributed by atoms with Gasteiger partial charge in [0, 0.05) is 24.2 Å². The number of benzene rings is 1. The molecule has 3 N–H and O–H groups in total. The van der Waals surface area contributed by atoms with Crippen molar-refractivity contribution in [3.8, 4) is 0 Å². The van der Waals surface area contributed by atoms with E-state index in [0.29, 0.717) is 5.69 Å². The lowest BCUT2D eigenvalue weighted by Gasteiger charge is -2.10. The van der Waals surface area contributed by atoms with Gasteiger partial charge in [0.05, 0.1) is 12.1 Å². The molecule has 1 heterocycles. The van der Waals surface area contributed by atoms with Gasteiger partial charge in [-0.15, -0.1) is 0 Å². The molecule has 0 spiro atoms. The van der Waals surface area contributed by atoms with Gasteiger partial charge < -0.3 is 15.6 Å². The van der Waals surface area contributed by atoms with E-state index in [-0.39, 0.29) is 12.1 Å². The molecule has 5 heteroatoms. The van der Waals surface area contributed by atoms with Crippen molar-refractivity contribution in [1.82, 2.24) is 4.57 Å². The SMILES string of the molecule is Cn1c(=O)cc(NCC(N)=O)c2ccccc21. The Kier molecular flexibility index (Phi) is 2.82. The molecule has 0 aliphatic carbocycles. The van der Waals surface area contributed by atoms with Crippen LogP contribution in [0.2, 0.25) is 0 Å². The molecule has 0 bridgehead atoms. The Labute approximate surface area is 97.9 Å². The van der Waals surface area contributed by atoms with Crippen LogP contribution in [0.15, 0.2) is 35.1 Å². The quantitative estimate of drug-likeness (QED) is 0.804. The van der Waals surface area contributed by atoms with Crippen LogP contribution in [0.3, 0.4) is 0 Å². The maximum atomic E-state index is 11.7. The van der Waals surface area contributed by atoms with Crippen molar-refractivity contribution in [3.63, 3.8) is 0 Å². The van der Waals surface area contributed by atoms with Gasteiger partial charge in [-0.3, -0.25) is 9.59 Å². The first-order valence-corrected chi connectivity index (χ1v) is 5.20. The molecule has 0 aliphatic rings. The molecule has 88 valence electrons. The predicted molar refractivity (Wildman–Crippen MR) is 66.9 cm³/mol. The van der Waals surface area contributed by atoms with Gasteiger partial charge in [-0.25, -0.2) is 0 Å². The number of aromatic nitrogens is 1. The minimum absolute atomic E-state index is 0.0111. The minimum Gasteiger partial charge on any atom is -0.375 e. The van der Waals surface area contributed by atoms with Crippen LogP contribution in [-0.4, -0.2) is 17.0 Å². The van der Waals surface area contributed by atoms with Gasteiger partial charge in [0.25, 0.3) is 5.56 Å². The Bertz CT molecular complexity index is 631. The van der Waals surface area contributed by atoms with E-state index in [2.05, 4.69) is 5.32 Å². The minimum atomic E-state index is -0.463. The molecule has 1 aromatic heterocycles. The summed E-state index contributed by atoms with van der Waals surface area (Å²) in [5.74, 6) is -0.463. The Hall–Kier alpha value is -2.30. The number of carbonyl (C=O) groups excluding carboxylic acids is 1. The third kappa shape index (κ3) is 2.13. The number of aryl methyl sites for hydroxylation is 1. The van der Waals surface area contributed by atoms with E-state index in [1.165, 1.54) is 6.07 Å². The molecule has 1 aromatic carbocycles. The predicted octanol–water partition coefficient (Wildman–Crippen LogP) is 0.436. The lowest BCUT2D eigenvalue weighted by Crippen LogP contribution is -2.23. The average molecular weight is 231 g/mol. The number of carbonyl (C=O) groups is 1. The summed E-state index contributed by atoms with van der Waals surface area (Å²) < 4.78 is 1.56. The second-order valence-electron chi connectivity index (χ2n) is 3.79. The van der Waals surface area contributed by atoms with Gasteiger partial charge in [-0.05, 0) is 6.07 Å². The summed E-state index contributed by atoms with van der Waals surface area (Å²) in [6.45, 7) is 0.0111. The number of nitrogens with one attached hydrogen (secondary N) is 1. The summed E-state index contributed by atoms with van der Waals surface area (Å²) in [4.78, 5) is 22.4. The normalized spacial score (nSPS) is 10.4. The van der Waals surface area contributed by atoms with Gasteiger partial charge in [0.2, 0.25) is 5.91 Å². The van der Waals surface area contributed by atoms with Crippen molar-refractivity contribution in [3.05, 3.63) is 40.7 Å². The number of nitrogens with two attached hydrogens (primary N) is 1. The highest BCUT2D eigenvalue weighted by molar-refractivity contribution is 5.92. The van der Waals surface area contributed by atoms with Crippen molar-refractivity contribution in [1.29, 1.82) is 0 Å². The molecule has 0 atom stereocenters. The van der Waals surface area contributed by atoms with Crippen molar-refractivity contribution >= 4 is 22.5 Å². The summed E-state index contributed by atoms with van der Waals surface area (Å²) >= 11 is 0. The van der Waals surface area contributed by atoms with E-state index in [1.54, 1.807) is 11.6 Å². The van der Waals surface area contributed by atoms with E-state index in [0.717, 1.165) is 10.9 Å². The van der Waals surface area contributed by atoms with Gasteiger partial charge in [-0.1, -0.05) is 18.2 Å². The van der Waals surface area contributed by atoms with E-state index in [9.17, 15) is 9.59 Å². The number of amides is 1. The van der Waals surface area contributed by atoms with Crippen molar-refractivity contribution < 1.29 is 4.79 Å². The summed E-state index contributed by atoms with van der Waals surface area (Å²) in [7, 11) is 1.71. The second-order valence-corrected chi connectivity index (χ2v) is 3.79. The third-order valence-corrected chi connectivity index (χ3v) is 2.61. The molecule has 2 aromatic rings. The fourth-order valence-electron chi connectivity index (χ4n) is 1.74. The van der Waals surface area contributed by atoms with Gasteiger partial charge >= 0.3 is 0 Å². The molecule has 0 radical (unpaired) electrons. The number of rotatable bonds is 3. The molecule has 0 saturated carbocycles. The lowest BCUT2D eigenvalue weighted by molar-refractivity contribution is -0.116. The van der Waals surface area contributed by atoms with Crippen LogP contribution in [0.25, 0.3) is 10.9 Å². The van der Waals surface area contributed by atoms with Crippen LogP contribution >= 0.6 is 0 Å². The van der Waals surface area contributed by atoms with Crippen LogP contribution < -0.4 is 16.6 Å². The van der Waals surface area contributed by atoms with Crippen molar-refractivity contribution in [2.75, 3.05) is 11.9 Å². The Morgan fingerprint density at radius 2 is 2.12 bits per heavy atom. The smallest absolute Gasteiger partial charge is 0.252 e. The summed E-state index contributed by atoms with van der Waals surface area (Å²) in [6.07, 6.45) is 0. The van der Waals surface area contributed by atoms with E-state index >= 15 is 0 Å². The number of hydrogen-bond acceptors (Lipinski definition) is 3.